The van der Waals surface area contributed by atoms with Crippen LogP contribution in [0.1, 0.15) is 13.3 Å². The predicted molar refractivity (Wildman–Crippen MR) is 176 cm³/mol. The molecule has 4 heterocycles. The number of nitrogens with zero attached hydrogens (tertiary/aromatic N) is 6. The molecule has 0 bridgehead atoms. The fourth-order valence-electron chi connectivity index (χ4n) is 4.70. The van der Waals surface area contributed by atoms with Crippen molar-refractivity contribution >= 4 is 76.3 Å². The maximum absolute atomic E-state index is 13.0. The summed E-state index contributed by atoms with van der Waals surface area (Å²) in [6, 6.07) is 8.20. The van der Waals surface area contributed by atoms with Gasteiger partial charge in [-0.2, -0.15) is 9.78 Å². The van der Waals surface area contributed by atoms with Crippen molar-refractivity contribution in [1.82, 2.24) is 30.8 Å². The first-order valence-electron chi connectivity index (χ1n) is 13.4. The molecule has 0 spiro atoms. The number of halogens is 2. The fourth-order valence-corrected chi connectivity index (χ4v) is 8.37. The van der Waals surface area contributed by atoms with Gasteiger partial charge in [0.05, 0.1) is 24.9 Å². The Morgan fingerprint density at radius 1 is 1.22 bits per heavy atom. The minimum Gasteiger partial charge on any atom is -0.477 e. The molecule has 45 heavy (non-hydrogen) atoms. The van der Waals surface area contributed by atoms with Crippen molar-refractivity contribution in [3.8, 4) is 0 Å². The Morgan fingerprint density at radius 3 is 2.67 bits per heavy atom. The van der Waals surface area contributed by atoms with Gasteiger partial charge >= 0.3 is 5.97 Å². The number of aromatic amines is 1. The topological polar surface area (TPSA) is 145 Å². The molecule has 2 amide bonds. The summed E-state index contributed by atoms with van der Waals surface area (Å²) in [6.07, 6.45) is 4.00. The number of aliphatic carboxylic acids is 1. The van der Waals surface area contributed by atoms with Gasteiger partial charge in [-0.3, -0.25) is 14.5 Å². The molecule has 2 aromatic heterocycles. The number of amides is 2. The molecule has 2 atom stereocenters. The molecule has 17 heteroatoms. The molecule has 2 aliphatic rings. The minimum absolute atomic E-state index is 0. The molecule has 0 aliphatic carbocycles. The maximum atomic E-state index is 13.0. The van der Waals surface area contributed by atoms with Gasteiger partial charge in [-0.25, -0.2) is 4.79 Å². The van der Waals surface area contributed by atoms with Crippen molar-refractivity contribution in [2.24, 2.45) is 0 Å². The first kappa shape index (κ1) is 35.0. The summed E-state index contributed by atoms with van der Waals surface area (Å²) in [5, 5.41) is 27.5. The van der Waals surface area contributed by atoms with E-state index in [2.05, 4.69) is 44.6 Å². The van der Waals surface area contributed by atoms with Gasteiger partial charge in [0.2, 0.25) is 11.7 Å². The number of fused-ring (bicyclic) bond motifs is 1. The van der Waals surface area contributed by atoms with Crippen LogP contribution in [0.15, 0.2) is 63.8 Å². The van der Waals surface area contributed by atoms with Crippen LogP contribution in [0.25, 0.3) is 0 Å². The van der Waals surface area contributed by atoms with Crippen LogP contribution >= 0.6 is 58.5 Å². The number of tetrazole rings is 1. The third-order valence-corrected chi connectivity index (χ3v) is 11.2. The lowest BCUT2D eigenvalue weighted by molar-refractivity contribution is -0.922. The van der Waals surface area contributed by atoms with Crippen LogP contribution in [0.2, 0.25) is 10.0 Å². The number of thioether (sulfide) groups is 3. The number of nitrogens with one attached hydrogen (secondary N) is 2. The van der Waals surface area contributed by atoms with Crippen molar-refractivity contribution in [1.29, 1.82) is 0 Å². The van der Waals surface area contributed by atoms with Gasteiger partial charge in [0.1, 0.15) is 30.2 Å². The molecule has 1 fully saturated rings. The molecule has 2 aliphatic heterocycles. The number of pyridine rings is 1. The van der Waals surface area contributed by atoms with E-state index in [0.29, 0.717) is 48.9 Å². The molecule has 2 unspecified atom stereocenters. The lowest BCUT2D eigenvalue weighted by atomic mass is 10.0. The second kappa shape index (κ2) is 15.2. The van der Waals surface area contributed by atoms with E-state index < -0.39 is 23.3 Å². The summed E-state index contributed by atoms with van der Waals surface area (Å²) in [6.45, 7) is 2.32. The number of hydrogen-bond donors (Lipinski definition) is 3. The normalized spacial score (nSPS) is 17.8. The van der Waals surface area contributed by atoms with Crippen molar-refractivity contribution in [3.05, 3.63) is 69.9 Å². The molecule has 3 aromatic rings. The zero-order valence-electron chi connectivity index (χ0n) is 23.8. The first-order valence-corrected chi connectivity index (χ1v) is 17.2. The van der Waals surface area contributed by atoms with Crippen LogP contribution in [0, 0.1) is 0 Å². The van der Waals surface area contributed by atoms with Crippen LogP contribution < -0.4 is 9.88 Å². The number of benzene rings is 1. The zero-order chi connectivity index (χ0) is 31.4. The van der Waals surface area contributed by atoms with E-state index in [-0.39, 0.29) is 24.8 Å². The number of rotatable bonds is 13. The molecule has 0 saturated carbocycles. The second-order valence-electron chi connectivity index (χ2n) is 10.8. The van der Waals surface area contributed by atoms with Crippen LogP contribution in [0.4, 0.5) is 0 Å². The van der Waals surface area contributed by atoms with E-state index in [1.54, 1.807) is 18.2 Å². The summed E-state index contributed by atoms with van der Waals surface area (Å²) in [7, 11) is 4.22. The molecule has 1 saturated heterocycles. The highest BCUT2D eigenvalue weighted by molar-refractivity contribution is 8.01. The van der Waals surface area contributed by atoms with Crippen LogP contribution in [-0.2, 0) is 27.5 Å². The Balaban J connectivity index is 0.00000461. The first-order chi connectivity index (χ1) is 21.0. The Hall–Kier alpha value is -2.82. The lowest BCUT2D eigenvalue weighted by Gasteiger charge is -2.49. The van der Waals surface area contributed by atoms with E-state index in [1.807, 2.05) is 24.5 Å². The van der Waals surface area contributed by atoms with Gasteiger partial charge in [0.25, 0.3) is 5.91 Å². The predicted octanol–water partition coefficient (Wildman–Crippen LogP) is 3.33. The van der Waals surface area contributed by atoms with Gasteiger partial charge in [0, 0.05) is 38.5 Å². The number of hydrogen-bond acceptors (Lipinski definition) is 9. The Kier molecular flexibility index (Phi) is 11.8. The van der Waals surface area contributed by atoms with E-state index in [1.165, 1.54) is 40.2 Å². The van der Waals surface area contributed by atoms with Crippen LogP contribution in [0.5, 0.6) is 0 Å². The Bertz CT molecular complexity index is 1570. The fraction of sp³-hybridized carbons (Fsp3) is 0.393. The number of quaternary nitrogens is 1. The molecule has 5 rings (SSSR count). The Labute approximate surface area is 283 Å². The number of carboxylic acids is 1. The molecule has 3 N–H and O–H groups in total. The second-order valence-corrected chi connectivity index (χ2v) is 14.8. The van der Waals surface area contributed by atoms with Gasteiger partial charge < -0.3 is 14.9 Å². The Morgan fingerprint density at radius 2 is 1.98 bits per heavy atom. The molecular weight excluding hydrogens is 679 g/mol. The van der Waals surface area contributed by atoms with Gasteiger partial charge in [-0.1, -0.05) is 30.6 Å². The standard InChI is InChI=1S/C27H28Cl2N8O4S3.CH4/c1-37(2,12-21-31-33-34-32-21)10-9-35-7-5-18(6-8-35)42-13-16-14-44-26-23(25(39)36(26)24(16)27(40)41)30-22(38)15-43-20-11-17(28)3-4-19(20)29;/h3-8,11,23,26H,9-10,12-15H2,1-2H3,(H-2,30,31,32,33,34,38,40,41);1H4/p+2. The van der Waals surface area contributed by atoms with Crippen LogP contribution in [-0.4, -0.2) is 102 Å². The number of carbonyl (C=O) groups excluding carboxylic acids is 2. The van der Waals surface area contributed by atoms with Crippen molar-refractivity contribution in [3.63, 3.8) is 0 Å². The minimum atomic E-state index is -1.15. The van der Waals surface area contributed by atoms with Crippen LogP contribution in [0.3, 0.4) is 0 Å². The lowest BCUT2D eigenvalue weighted by Crippen LogP contribution is -2.70. The number of H-pyrrole nitrogens is 1. The third-order valence-electron chi connectivity index (χ3n) is 7.01. The molecule has 240 valence electrons. The zero-order valence-corrected chi connectivity index (χ0v) is 27.7. The SMILES string of the molecule is C.C[N+](C)(CC[n+]1ccc(SCC2=C(C(=O)O)N3C(=O)C(NC(=O)CSc4cc(Cl)ccc4Cl)C3SC2)cc1)Cc1nn[nH]n1. The quantitative estimate of drug-likeness (QED) is 0.104. The van der Waals surface area contributed by atoms with Crippen molar-refractivity contribution in [2.45, 2.75) is 41.7 Å². The van der Waals surface area contributed by atoms with E-state index in [4.69, 9.17) is 23.2 Å². The summed E-state index contributed by atoms with van der Waals surface area (Å²) >= 11 is 16.4. The number of carbonyl (C=O) groups is 3. The molecule has 12 nitrogen and oxygen atoms in total. The largest absolute Gasteiger partial charge is 0.477 e. The van der Waals surface area contributed by atoms with Gasteiger partial charge in [0.15, 0.2) is 18.9 Å². The summed E-state index contributed by atoms with van der Waals surface area (Å²) in [5.41, 5.74) is 0.676. The van der Waals surface area contributed by atoms with Crippen molar-refractivity contribution < 1.29 is 28.5 Å². The highest BCUT2D eigenvalue weighted by Gasteiger charge is 2.54. The van der Waals surface area contributed by atoms with Gasteiger partial charge in [-0.05, 0) is 29.0 Å². The number of β-lactam (4-membered cyclic amide) rings is 1. The average molecular weight is 714 g/mol. The summed E-state index contributed by atoms with van der Waals surface area (Å²) in [5.74, 6) is -0.337. The maximum Gasteiger partial charge on any atom is 0.352 e. The van der Waals surface area contributed by atoms with Gasteiger partial charge in [-0.15, -0.1) is 45.5 Å². The summed E-state index contributed by atoms with van der Waals surface area (Å²) in [4.78, 5) is 40.9. The molecule has 0 radical (unpaired) electrons. The van der Waals surface area contributed by atoms with E-state index in [9.17, 15) is 19.5 Å². The van der Waals surface area contributed by atoms with Crippen molar-refractivity contribution in [2.75, 3.05) is 37.9 Å². The monoisotopic (exact) mass is 712 g/mol. The third kappa shape index (κ3) is 8.71. The highest BCUT2D eigenvalue weighted by Crippen LogP contribution is 2.41. The number of carboxylic acid groups (broad SMARTS) is 1. The molecular formula is C28H34Cl2N8O4S3+2. The molecule has 1 aromatic carbocycles. The number of likely N-dealkylation sites (N-methyl/N-ethyl adjacent to an activating group) is 1. The van der Waals surface area contributed by atoms with E-state index in [0.717, 1.165) is 18.0 Å². The smallest absolute Gasteiger partial charge is 0.352 e. The number of aromatic nitrogens is 5. The average Bonchev–Trinajstić information content (AvgIpc) is 3.50. The summed E-state index contributed by atoms with van der Waals surface area (Å²) < 4.78 is 2.79. The van der Waals surface area contributed by atoms with E-state index >= 15 is 0 Å². The highest BCUT2D eigenvalue weighted by atomic mass is 35.5.